The number of aryl methyl sites for hydroxylation is 1. The zero-order valence-corrected chi connectivity index (χ0v) is 15.8. The summed E-state index contributed by atoms with van der Waals surface area (Å²) in [5.41, 5.74) is 4.01. The number of hydrogen-bond donors (Lipinski definition) is 0. The molecule has 2 aromatic carbocycles. The largest absolute Gasteiger partial charge is 0.488 e. The third-order valence-electron chi connectivity index (χ3n) is 5.03. The number of fused-ring (bicyclic) bond motifs is 2. The van der Waals surface area contributed by atoms with Gasteiger partial charge in [-0.05, 0) is 24.6 Å². The lowest BCUT2D eigenvalue weighted by Crippen LogP contribution is -2.44. The van der Waals surface area contributed by atoms with Gasteiger partial charge in [0.25, 0.3) is 0 Å². The number of para-hydroxylation sites is 1. The molecule has 0 saturated heterocycles. The van der Waals surface area contributed by atoms with Gasteiger partial charge in [-0.25, -0.2) is 0 Å². The van der Waals surface area contributed by atoms with Crippen molar-refractivity contribution >= 4 is 16.8 Å². The Balaban J connectivity index is 1.72. The third kappa shape index (κ3) is 3.90. The second kappa shape index (κ2) is 7.39. The number of pyridine rings is 1. The van der Waals surface area contributed by atoms with E-state index in [0.717, 1.165) is 26.9 Å². The number of benzene rings is 2. The molecule has 3 aromatic rings. The molecule has 4 rings (SSSR count). The number of ether oxygens (including phenoxy) is 1. The van der Waals surface area contributed by atoms with E-state index in [4.69, 9.17) is 4.74 Å². The molecule has 0 unspecified atom stereocenters. The monoisotopic (exact) mass is 400 g/mol. The van der Waals surface area contributed by atoms with E-state index in [1.54, 1.807) is 0 Å². The standard InChI is InChI=1S/C22H19F3N2O2/c1-14-6-8-15(9-7-14)13-29-20-16-4-2-3-5-18(16)26-19-10-11-27(12-17(19)20)21(28)22(23,24)25/h2-9H,10-13H2,1H3. The van der Waals surface area contributed by atoms with Gasteiger partial charge in [-0.3, -0.25) is 9.78 Å². The number of alkyl halides is 3. The minimum atomic E-state index is -4.90. The van der Waals surface area contributed by atoms with Gasteiger partial charge in [0.1, 0.15) is 12.4 Å². The van der Waals surface area contributed by atoms with Gasteiger partial charge in [-0.15, -0.1) is 0 Å². The van der Waals surface area contributed by atoms with E-state index in [9.17, 15) is 18.0 Å². The van der Waals surface area contributed by atoms with Crippen molar-refractivity contribution in [2.45, 2.75) is 32.7 Å². The first-order valence-corrected chi connectivity index (χ1v) is 9.28. The maximum absolute atomic E-state index is 12.9. The summed E-state index contributed by atoms with van der Waals surface area (Å²) in [5.74, 6) is -1.34. The maximum atomic E-state index is 12.9. The molecule has 1 aliphatic rings. The Kier molecular flexibility index (Phi) is 4.90. The van der Waals surface area contributed by atoms with Crippen molar-refractivity contribution in [3.05, 3.63) is 70.9 Å². The lowest BCUT2D eigenvalue weighted by molar-refractivity contribution is -0.186. The Morgan fingerprint density at radius 1 is 1.14 bits per heavy atom. The second-order valence-corrected chi connectivity index (χ2v) is 7.13. The highest BCUT2D eigenvalue weighted by molar-refractivity contribution is 5.88. The van der Waals surface area contributed by atoms with Gasteiger partial charge >= 0.3 is 12.1 Å². The number of carbonyl (C=O) groups excluding carboxylic acids is 1. The molecule has 0 spiro atoms. The Labute approximate surface area is 165 Å². The van der Waals surface area contributed by atoms with Crippen LogP contribution in [0.4, 0.5) is 13.2 Å². The highest BCUT2D eigenvalue weighted by Gasteiger charge is 2.43. The molecule has 1 amide bonds. The number of nitrogens with zero attached hydrogens (tertiary/aromatic N) is 2. The summed E-state index contributed by atoms with van der Waals surface area (Å²) in [6.07, 6.45) is -4.65. The molecule has 0 saturated carbocycles. The van der Waals surface area contributed by atoms with Gasteiger partial charge in [0, 0.05) is 23.9 Å². The summed E-state index contributed by atoms with van der Waals surface area (Å²) in [6.45, 7) is 2.07. The van der Waals surface area contributed by atoms with Crippen LogP contribution in [0.25, 0.3) is 10.9 Å². The zero-order valence-electron chi connectivity index (χ0n) is 15.8. The molecule has 150 valence electrons. The Morgan fingerprint density at radius 2 is 1.86 bits per heavy atom. The van der Waals surface area contributed by atoms with E-state index in [0.29, 0.717) is 17.0 Å². The Hall–Kier alpha value is -3.09. The van der Waals surface area contributed by atoms with E-state index in [2.05, 4.69) is 4.98 Å². The lowest BCUT2D eigenvalue weighted by Gasteiger charge is -2.30. The van der Waals surface area contributed by atoms with Crippen LogP contribution in [0.15, 0.2) is 48.5 Å². The molecule has 0 aliphatic carbocycles. The summed E-state index contributed by atoms with van der Waals surface area (Å²) >= 11 is 0. The first kappa shape index (κ1) is 19.2. The highest BCUT2D eigenvalue weighted by Crippen LogP contribution is 2.35. The van der Waals surface area contributed by atoms with Gasteiger partial charge in [-0.1, -0.05) is 42.0 Å². The van der Waals surface area contributed by atoms with Crippen molar-refractivity contribution in [2.24, 2.45) is 0 Å². The van der Waals surface area contributed by atoms with Gasteiger partial charge < -0.3 is 9.64 Å². The number of halogens is 3. The van der Waals surface area contributed by atoms with Crippen molar-refractivity contribution < 1.29 is 22.7 Å². The number of amides is 1. The van der Waals surface area contributed by atoms with Crippen LogP contribution in [0.2, 0.25) is 0 Å². The van der Waals surface area contributed by atoms with Crippen LogP contribution in [-0.4, -0.2) is 28.5 Å². The molecule has 0 N–H and O–H groups in total. The fraction of sp³-hybridized carbons (Fsp3) is 0.273. The molecular formula is C22H19F3N2O2. The van der Waals surface area contributed by atoms with E-state index in [-0.39, 0.29) is 26.1 Å². The summed E-state index contributed by atoms with van der Waals surface area (Å²) < 4.78 is 44.9. The number of hydrogen-bond acceptors (Lipinski definition) is 3. The van der Waals surface area contributed by atoms with Crippen molar-refractivity contribution in [2.75, 3.05) is 6.54 Å². The van der Waals surface area contributed by atoms with Gasteiger partial charge in [0.2, 0.25) is 0 Å². The molecule has 2 heterocycles. The van der Waals surface area contributed by atoms with Crippen LogP contribution in [0.5, 0.6) is 5.75 Å². The molecule has 0 fully saturated rings. The van der Waals surface area contributed by atoms with E-state index >= 15 is 0 Å². The molecule has 1 aliphatic heterocycles. The second-order valence-electron chi connectivity index (χ2n) is 7.13. The smallest absolute Gasteiger partial charge is 0.471 e. The van der Waals surface area contributed by atoms with Gasteiger partial charge in [0.05, 0.1) is 17.8 Å². The van der Waals surface area contributed by atoms with Crippen LogP contribution < -0.4 is 4.74 Å². The van der Waals surface area contributed by atoms with Crippen LogP contribution in [0.1, 0.15) is 22.4 Å². The van der Waals surface area contributed by atoms with E-state index in [1.807, 2.05) is 55.5 Å². The Morgan fingerprint density at radius 3 is 2.59 bits per heavy atom. The Bertz CT molecular complexity index is 1060. The highest BCUT2D eigenvalue weighted by atomic mass is 19.4. The number of carbonyl (C=O) groups is 1. The molecule has 29 heavy (non-hydrogen) atoms. The molecule has 0 radical (unpaired) electrons. The SMILES string of the molecule is Cc1ccc(COc2c3c(nc4ccccc24)CCN(C(=O)C(F)(F)F)C3)cc1. The minimum absolute atomic E-state index is 0.0198. The van der Waals surface area contributed by atoms with Gasteiger partial charge in [-0.2, -0.15) is 13.2 Å². The number of rotatable bonds is 3. The molecule has 1 aromatic heterocycles. The molecule has 4 nitrogen and oxygen atoms in total. The zero-order chi connectivity index (χ0) is 20.6. The third-order valence-corrected chi connectivity index (χ3v) is 5.03. The first-order valence-electron chi connectivity index (χ1n) is 9.28. The molecule has 0 atom stereocenters. The van der Waals surface area contributed by atoms with E-state index in [1.165, 1.54) is 0 Å². The maximum Gasteiger partial charge on any atom is 0.471 e. The molecule has 0 bridgehead atoms. The minimum Gasteiger partial charge on any atom is -0.488 e. The van der Waals surface area contributed by atoms with Crippen molar-refractivity contribution in [1.82, 2.24) is 9.88 Å². The summed E-state index contributed by atoms with van der Waals surface area (Å²) in [7, 11) is 0. The topological polar surface area (TPSA) is 42.4 Å². The van der Waals surface area contributed by atoms with E-state index < -0.39 is 12.1 Å². The normalized spacial score (nSPS) is 14.0. The summed E-state index contributed by atoms with van der Waals surface area (Å²) in [6, 6.07) is 15.2. The average molecular weight is 400 g/mol. The first-order chi connectivity index (χ1) is 13.8. The van der Waals surface area contributed by atoms with Crippen molar-refractivity contribution in [1.29, 1.82) is 0 Å². The summed E-state index contributed by atoms with van der Waals surface area (Å²) in [4.78, 5) is 17.2. The molecule has 7 heteroatoms. The fourth-order valence-corrected chi connectivity index (χ4v) is 3.51. The van der Waals surface area contributed by atoms with Crippen LogP contribution >= 0.6 is 0 Å². The summed E-state index contributed by atoms with van der Waals surface area (Å²) in [5, 5.41) is 0.722. The predicted octanol–water partition coefficient (Wildman–Crippen LogP) is 4.57. The quantitative estimate of drug-likeness (QED) is 0.647. The number of aromatic nitrogens is 1. The van der Waals surface area contributed by atoms with Crippen molar-refractivity contribution in [3.63, 3.8) is 0 Å². The fourth-order valence-electron chi connectivity index (χ4n) is 3.51. The predicted molar refractivity (Wildman–Crippen MR) is 102 cm³/mol. The van der Waals surface area contributed by atoms with Crippen LogP contribution in [0, 0.1) is 6.92 Å². The van der Waals surface area contributed by atoms with Crippen LogP contribution in [-0.2, 0) is 24.4 Å². The van der Waals surface area contributed by atoms with Crippen molar-refractivity contribution in [3.8, 4) is 5.75 Å². The molecular weight excluding hydrogens is 381 g/mol. The average Bonchev–Trinajstić information content (AvgIpc) is 2.70. The van der Waals surface area contributed by atoms with Gasteiger partial charge in [0.15, 0.2) is 0 Å². The lowest BCUT2D eigenvalue weighted by atomic mass is 10.0. The van der Waals surface area contributed by atoms with Crippen LogP contribution in [0.3, 0.4) is 0 Å².